The van der Waals surface area contributed by atoms with Gasteiger partial charge < -0.3 is 9.84 Å². The van der Waals surface area contributed by atoms with Crippen molar-refractivity contribution in [2.24, 2.45) is 0 Å². The number of fused-ring (bicyclic) bond motifs is 1. The Kier molecular flexibility index (Phi) is 5.25. The molecule has 0 unspecified atom stereocenters. The van der Waals surface area contributed by atoms with Gasteiger partial charge in [0.1, 0.15) is 0 Å². The van der Waals surface area contributed by atoms with E-state index in [0.717, 1.165) is 37.1 Å². The molecule has 0 saturated heterocycles. The van der Waals surface area contributed by atoms with Crippen LogP contribution in [0, 0.1) is 0 Å². The average molecular weight is 375 g/mol. The number of benzene rings is 2. The van der Waals surface area contributed by atoms with Crippen molar-refractivity contribution in [1.82, 2.24) is 4.90 Å². The molecule has 1 heterocycles. The highest BCUT2D eigenvalue weighted by Crippen LogP contribution is 2.30. The van der Waals surface area contributed by atoms with E-state index in [-0.39, 0.29) is 5.75 Å². The lowest BCUT2D eigenvalue weighted by molar-refractivity contribution is 0.203. The number of nitrogens with zero attached hydrogens (tertiary/aromatic N) is 1. The molecule has 3 rings (SSSR count). The smallest absolute Gasteiger partial charge is 0.175 e. The van der Waals surface area contributed by atoms with Gasteiger partial charge in [-0.15, -0.1) is 0 Å². The molecular formula is C20H25NO4S. The first-order chi connectivity index (χ1) is 12.3. The SMILES string of the molecule is COc1cc(CC[C@@H](C)N2Cc3ccc(S(C)(=O)=O)cc3C2)ccc1O. The van der Waals surface area contributed by atoms with Gasteiger partial charge in [-0.1, -0.05) is 12.1 Å². The van der Waals surface area contributed by atoms with Gasteiger partial charge in [0, 0.05) is 25.4 Å². The van der Waals surface area contributed by atoms with Gasteiger partial charge in [0.15, 0.2) is 21.3 Å². The van der Waals surface area contributed by atoms with Crippen molar-refractivity contribution in [2.75, 3.05) is 13.4 Å². The Labute approximate surface area is 155 Å². The molecule has 2 aromatic rings. The molecule has 6 heteroatoms. The van der Waals surface area contributed by atoms with E-state index in [1.807, 2.05) is 24.3 Å². The Morgan fingerprint density at radius 2 is 1.88 bits per heavy atom. The van der Waals surface area contributed by atoms with Crippen molar-refractivity contribution in [3.05, 3.63) is 53.1 Å². The molecular weight excluding hydrogens is 350 g/mol. The Morgan fingerprint density at radius 1 is 1.15 bits per heavy atom. The minimum Gasteiger partial charge on any atom is -0.504 e. The summed E-state index contributed by atoms with van der Waals surface area (Å²) in [5.41, 5.74) is 3.43. The highest BCUT2D eigenvalue weighted by molar-refractivity contribution is 7.90. The Hall–Kier alpha value is -2.05. The number of aromatic hydroxyl groups is 1. The number of aryl methyl sites for hydroxylation is 1. The summed E-state index contributed by atoms with van der Waals surface area (Å²) in [5.74, 6) is 0.651. The molecule has 0 aliphatic carbocycles. The number of rotatable bonds is 6. The van der Waals surface area contributed by atoms with Crippen LogP contribution in [0.5, 0.6) is 11.5 Å². The highest BCUT2D eigenvalue weighted by Gasteiger charge is 2.24. The zero-order valence-electron chi connectivity index (χ0n) is 15.4. The van der Waals surface area contributed by atoms with Gasteiger partial charge in [-0.05, 0) is 60.7 Å². The summed E-state index contributed by atoms with van der Waals surface area (Å²) in [6.45, 7) is 3.82. The van der Waals surface area contributed by atoms with Crippen LogP contribution in [0.4, 0.5) is 0 Å². The predicted molar refractivity (Wildman–Crippen MR) is 101 cm³/mol. The summed E-state index contributed by atoms with van der Waals surface area (Å²) < 4.78 is 28.6. The summed E-state index contributed by atoms with van der Waals surface area (Å²) in [4.78, 5) is 2.76. The maximum atomic E-state index is 11.7. The Morgan fingerprint density at radius 3 is 2.58 bits per heavy atom. The van der Waals surface area contributed by atoms with Crippen LogP contribution in [-0.2, 0) is 29.3 Å². The third-order valence-electron chi connectivity index (χ3n) is 5.07. The van der Waals surface area contributed by atoms with E-state index in [4.69, 9.17) is 4.74 Å². The molecule has 0 radical (unpaired) electrons. The third-order valence-corrected chi connectivity index (χ3v) is 6.18. The molecule has 5 nitrogen and oxygen atoms in total. The van der Waals surface area contributed by atoms with Crippen LogP contribution in [0.1, 0.15) is 30.0 Å². The number of phenolic OH excluding ortho intramolecular Hbond substituents is 1. The predicted octanol–water partition coefficient (Wildman–Crippen LogP) is 3.14. The van der Waals surface area contributed by atoms with Crippen molar-refractivity contribution in [3.63, 3.8) is 0 Å². The molecule has 1 N–H and O–H groups in total. The van der Waals surface area contributed by atoms with Crippen LogP contribution in [-0.4, -0.2) is 37.8 Å². The summed E-state index contributed by atoms with van der Waals surface area (Å²) in [7, 11) is -1.62. The number of sulfone groups is 1. The van der Waals surface area contributed by atoms with Gasteiger partial charge in [-0.3, -0.25) is 4.90 Å². The molecule has 0 bridgehead atoms. The molecule has 0 saturated carbocycles. The summed E-state index contributed by atoms with van der Waals surface area (Å²) in [6.07, 6.45) is 3.11. The third kappa shape index (κ3) is 4.02. The van der Waals surface area contributed by atoms with Gasteiger partial charge in [-0.2, -0.15) is 0 Å². The van der Waals surface area contributed by atoms with E-state index >= 15 is 0 Å². The standard InChI is InChI=1S/C20H25NO4S/c1-14(4-5-15-6-9-19(22)20(10-15)25-2)21-12-16-7-8-18(26(3,23)24)11-17(16)13-21/h6-11,14,22H,4-5,12-13H2,1-3H3/t14-/m1/s1. The average Bonchev–Trinajstić information content (AvgIpc) is 3.03. The molecule has 140 valence electrons. The lowest BCUT2D eigenvalue weighted by atomic mass is 10.0. The van der Waals surface area contributed by atoms with Crippen molar-refractivity contribution in [2.45, 2.75) is 43.8 Å². The normalized spacial score (nSPS) is 15.7. The van der Waals surface area contributed by atoms with Gasteiger partial charge in [0.2, 0.25) is 0 Å². The molecule has 0 amide bonds. The molecule has 1 aliphatic heterocycles. The van der Waals surface area contributed by atoms with Crippen LogP contribution < -0.4 is 4.74 Å². The number of methoxy groups -OCH3 is 1. The zero-order chi connectivity index (χ0) is 18.9. The second-order valence-electron chi connectivity index (χ2n) is 7.00. The van der Waals surface area contributed by atoms with E-state index in [1.54, 1.807) is 19.2 Å². The lowest BCUT2D eigenvalue weighted by Gasteiger charge is -2.23. The molecule has 1 atom stereocenters. The molecule has 26 heavy (non-hydrogen) atoms. The van der Waals surface area contributed by atoms with Gasteiger partial charge in [0.05, 0.1) is 12.0 Å². The fourth-order valence-electron chi connectivity index (χ4n) is 3.38. The van der Waals surface area contributed by atoms with E-state index in [2.05, 4.69) is 11.8 Å². The van der Waals surface area contributed by atoms with Crippen molar-refractivity contribution < 1.29 is 18.3 Å². The first-order valence-electron chi connectivity index (χ1n) is 8.69. The van der Waals surface area contributed by atoms with Gasteiger partial charge >= 0.3 is 0 Å². The first-order valence-corrected chi connectivity index (χ1v) is 10.6. The van der Waals surface area contributed by atoms with E-state index in [0.29, 0.717) is 16.7 Å². The van der Waals surface area contributed by atoms with Crippen LogP contribution in [0.25, 0.3) is 0 Å². The maximum absolute atomic E-state index is 11.7. The quantitative estimate of drug-likeness (QED) is 0.840. The van der Waals surface area contributed by atoms with Gasteiger partial charge in [-0.25, -0.2) is 8.42 Å². The van der Waals surface area contributed by atoms with E-state index in [1.165, 1.54) is 11.8 Å². The van der Waals surface area contributed by atoms with Crippen LogP contribution in [0.3, 0.4) is 0 Å². The van der Waals surface area contributed by atoms with Crippen molar-refractivity contribution in [3.8, 4) is 11.5 Å². The second-order valence-corrected chi connectivity index (χ2v) is 9.02. The molecule has 0 spiro atoms. The van der Waals surface area contributed by atoms with Crippen LogP contribution in [0.2, 0.25) is 0 Å². The maximum Gasteiger partial charge on any atom is 0.175 e. The van der Waals surface area contributed by atoms with Crippen molar-refractivity contribution in [1.29, 1.82) is 0 Å². The van der Waals surface area contributed by atoms with Gasteiger partial charge in [0.25, 0.3) is 0 Å². The Bertz CT molecular complexity index is 908. The number of hydrogen-bond donors (Lipinski definition) is 1. The minimum absolute atomic E-state index is 0.154. The molecule has 1 aliphatic rings. The van der Waals surface area contributed by atoms with Crippen molar-refractivity contribution >= 4 is 9.84 Å². The topological polar surface area (TPSA) is 66.8 Å². The fourth-order valence-corrected chi connectivity index (χ4v) is 4.05. The Balaban J connectivity index is 1.63. The molecule has 2 aromatic carbocycles. The number of ether oxygens (including phenoxy) is 1. The lowest BCUT2D eigenvalue weighted by Crippen LogP contribution is -2.28. The second kappa shape index (κ2) is 7.29. The summed E-state index contributed by atoms with van der Waals surface area (Å²) in [5, 5.41) is 9.69. The van der Waals surface area contributed by atoms with E-state index < -0.39 is 9.84 Å². The first kappa shape index (κ1) is 18.7. The van der Waals surface area contributed by atoms with E-state index in [9.17, 15) is 13.5 Å². The van der Waals surface area contributed by atoms with Crippen LogP contribution in [0.15, 0.2) is 41.3 Å². The largest absolute Gasteiger partial charge is 0.504 e. The molecule has 0 fully saturated rings. The number of phenols is 1. The fraction of sp³-hybridized carbons (Fsp3) is 0.400. The number of hydrogen-bond acceptors (Lipinski definition) is 5. The zero-order valence-corrected chi connectivity index (χ0v) is 16.2. The van der Waals surface area contributed by atoms with Crippen LogP contribution >= 0.6 is 0 Å². The minimum atomic E-state index is -3.17. The summed E-state index contributed by atoms with van der Waals surface area (Å²) >= 11 is 0. The highest BCUT2D eigenvalue weighted by atomic mass is 32.2. The monoisotopic (exact) mass is 375 g/mol. The summed E-state index contributed by atoms with van der Waals surface area (Å²) in [6, 6.07) is 11.3. The molecule has 0 aromatic heterocycles.